The topological polar surface area (TPSA) is 45.7 Å². The standard InChI is InChI=1S/C22H28FN3O/c1-2-24-21(25-16-18-8-10-20(23)11-9-18)26-17-22(12-14-27-15-13-22)19-6-4-3-5-7-19/h3-11H,2,12-17H2,1H3,(H2,24,25,26). The van der Waals surface area contributed by atoms with Crippen molar-refractivity contribution in [2.75, 3.05) is 26.3 Å². The first-order valence-corrected chi connectivity index (χ1v) is 9.62. The van der Waals surface area contributed by atoms with Crippen LogP contribution in [-0.2, 0) is 16.7 Å². The van der Waals surface area contributed by atoms with E-state index in [-0.39, 0.29) is 11.2 Å². The normalized spacial score (nSPS) is 16.7. The average molecular weight is 369 g/mol. The number of hydrogen-bond donors (Lipinski definition) is 2. The van der Waals surface area contributed by atoms with Crippen LogP contribution in [0.5, 0.6) is 0 Å². The Balaban J connectivity index is 1.70. The smallest absolute Gasteiger partial charge is 0.191 e. The molecule has 0 spiro atoms. The zero-order chi connectivity index (χ0) is 19.0. The van der Waals surface area contributed by atoms with Crippen LogP contribution < -0.4 is 10.6 Å². The predicted molar refractivity (Wildman–Crippen MR) is 107 cm³/mol. The van der Waals surface area contributed by atoms with Crippen molar-refractivity contribution in [1.82, 2.24) is 10.6 Å². The number of nitrogens with zero attached hydrogens (tertiary/aromatic N) is 1. The van der Waals surface area contributed by atoms with Gasteiger partial charge in [-0.15, -0.1) is 0 Å². The van der Waals surface area contributed by atoms with Crippen molar-refractivity contribution in [2.45, 2.75) is 31.7 Å². The lowest BCUT2D eigenvalue weighted by Gasteiger charge is -2.38. The van der Waals surface area contributed by atoms with Gasteiger partial charge in [-0.05, 0) is 43.0 Å². The molecular formula is C22H28FN3O. The number of halogens is 1. The van der Waals surface area contributed by atoms with E-state index in [0.29, 0.717) is 6.54 Å². The van der Waals surface area contributed by atoms with E-state index in [1.807, 2.05) is 0 Å². The monoisotopic (exact) mass is 369 g/mol. The van der Waals surface area contributed by atoms with Gasteiger partial charge in [-0.1, -0.05) is 42.5 Å². The summed E-state index contributed by atoms with van der Waals surface area (Å²) in [6.07, 6.45) is 1.97. The molecule has 0 saturated carbocycles. The summed E-state index contributed by atoms with van der Waals surface area (Å²) in [7, 11) is 0. The second-order valence-corrected chi connectivity index (χ2v) is 6.93. The fraction of sp³-hybridized carbons (Fsp3) is 0.409. The van der Waals surface area contributed by atoms with E-state index in [9.17, 15) is 4.39 Å². The van der Waals surface area contributed by atoms with Crippen LogP contribution in [0, 0.1) is 5.82 Å². The lowest BCUT2D eigenvalue weighted by atomic mass is 9.74. The molecule has 2 aromatic rings. The summed E-state index contributed by atoms with van der Waals surface area (Å²) in [5.74, 6) is 0.556. The quantitative estimate of drug-likeness (QED) is 0.604. The Morgan fingerprint density at radius 1 is 1.04 bits per heavy atom. The van der Waals surface area contributed by atoms with Crippen LogP contribution >= 0.6 is 0 Å². The number of benzene rings is 2. The largest absolute Gasteiger partial charge is 0.381 e. The maximum absolute atomic E-state index is 13.1. The molecule has 2 N–H and O–H groups in total. The molecule has 1 aliphatic heterocycles. The zero-order valence-electron chi connectivity index (χ0n) is 15.9. The molecule has 2 aromatic carbocycles. The summed E-state index contributed by atoms with van der Waals surface area (Å²) < 4.78 is 18.7. The maximum Gasteiger partial charge on any atom is 0.191 e. The number of ether oxygens (including phenoxy) is 1. The third-order valence-corrected chi connectivity index (χ3v) is 5.11. The maximum atomic E-state index is 13.1. The molecule has 4 nitrogen and oxygen atoms in total. The lowest BCUT2D eigenvalue weighted by Crippen LogP contribution is -2.48. The first-order chi connectivity index (χ1) is 13.2. The van der Waals surface area contributed by atoms with Crippen LogP contribution in [0.1, 0.15) is 30.9 Å². The van der Waals surface area contributed by atoms with Crippen LogP contribution in [0.25, 0.3) is 0 Å². The summed E-state index contributed by atoms with van der Waals surface area (Å²) in [6, 6.07) is 17.1. The highest BCUT2D eigenvalue weighted by Crippen LogP contribution is 2.34. The molecule has 0 aliphatic carbocycles. The Labute approximate surface area is 160 Å². The average Bonchev–Trinajstić information content (AvgIpc) is 2.72. The van der Waals surface area contributed by atoms with Crippen molar-refractivity contribution >= 4 is 5.96 Å². The van der Waals surface area contributed by atoms with Gasteiger partial charge in [0.1, 0.15) is 5.82 Å². The molecule has 0 atom stereocenters. The minimum atomic E-state index is -0.225. The Kier molecular flexibility index (Phi) is 6.82. The van der Waals surface area contributed by atoms with Gasteiger partial charge in [0.15, 0.2) is 5.96 Å². The van der Waals surface area contributed by atoms with Gasteiger partial charge in [-0.3, -0.25) is 0 Å². The van der Waals surface area contributed by atoms with E-state index in [2.05, 4.69) is 52.9 Å². The Hall–Kier alpha value is -2.40. The van der Waals surface area contributed by atoms with Crippen LogP contribution in [0.2, 0.25) is 0 Å². The van der Waals surface area contributed by atoms with Gasteiger partial charge in [0.2, 0.25) is 0 Å². The Morgan fingerprint density at radius 3 is 2.41 bits per heavy atom. The minimum Gasteiger partial charge on any atom is -0.381 e. The molecule has 27 heavy (non-hydrogen) atoms. The fourth-order valence-electron chi connectivity index (χ4n) is 3.48. The van der Waals surface area contributed by atoms with Gasteiger partial charge in [0, 0.05) is 31.7 Å². The first-order valence-electron chi connectivity index (χ1n) is 9.62. The number of rotatable bonds is 6. The number of hydrogen-bond acceptors (Lipinski definition) is 2. The zero-order valence-corrected chi connectivity index (χ0v) is 15.9. The summed E-state index contributed by atoms with van der Waals surface area (Å²) in [5, 5.41) is 6.83. The highest BCUT2D eigenvalue weighted by atomic mass is 19.1. The molecule has 0 unspecified atom stereocenters. The van der Waals surface area contributed by atoms with Crippen molar-refractivity contribution in [2.24, 2.45) is 4.99 Å². The van der Waals surface area contributed by atoms with Gasteiger partial charge in [-0.2, -0.15) is 0 Å². The molecule has 1 fully saturated rings. The molecule has 1 aliphatic rings. The molecule has 5 heteroatoms. The van der Waals surface area contributed by atoms with Crippen LogP contribution in [0.15, 0.2) is 59.6 Å². The second-order valence-electron chi connectivity index (χ2n) is 6.93. The highest BCUT2D eigenvalue weighted by molar-refractivity contribution is 5.79. The minimum absolute atomic E-state index is 0.0472. The molecule has 1 saturated heterocycles. The van der Waals surface area contributed by atoms with E-state index < -0.39 is 0 Å². The van der Waals surface area contributed by atoms with E-state index in [1.54, 1.807) is 12.1 Å². The van der Waals surface area contributed by atoms with Gasteiger partial charge in [0.05, 0.1) is 6.54 Å². The molecule has 3 rings (SSSR count). The SMILES string of the molecule is CCNC(=NCc1ccc(F)cc1)NCC1(c2ccccc2)CCOCC1. The third kappa shape index (κ3) is 5.30. The Morgan fingerprint density at radius 2 is 1.74 bits per heavy atom. The Bertz CT molecular complexity index is 725. The molecule has 0 amide bonds. The van der Waals surface area contributed by atoms with Crippen LogP contribution in [0.4, 0.5) is 4.39 Å². The molecule has 0 radical (unpaired) electrons. The van der Waals surface area contributed by atoms with Crippen molar-refractivity contribution in [3.8, 4) is 0 Å². The highest BCUT2D eigenvalue weighted by Gasteiger charge is 2.34. The van der Waals surface area contributed by atoms with E-state index in [1.165, 1.54) is 17.7 Å². The van der Waals surface area contributed by atoms with Crippen molar-refractivity contribution in [1.29, 1.82) is 0 Å². The molecule has 0 bridgehead atoms. The molecular weight excluding hydrogens is 341 g/mol. The van der Waals surface area contributed by atoms with Gasteiger partial charge in [0.25, 0.3) is 0 Å². The van der Waals surface area contributed by atoms with Gasteiger partial charge in [-0.25, -0.2) is 9.38 Å². The predicted octanol–water partition coefficient (Wildman–Crippen LogP) is 3.63. The number of aliphatic imine (C=N–C) groups is 1. The van der Waals surface area contributed by atoms with E-state index in [0.717, 1.165) is 50.7 Å². The van der Waals surface area contributed by atoms with E-state index in [4.69, 9.17) is 4.74 Å². The summed E-state index contributed by atoms with van der Waals surface area (Å²) >= 11 is 0. The second kappa shape index (κ2) is 9.51. The fourth-order valence-corrected chi connectivity index (χ4v) is 3.48. The van der Waals surface area contributed by atoms with E-state index >= 15 is 0 Å². The number of guanidine groups is 1. The van der Waals surface area contributed by atoms with Crippen molar-refractivity contribution in [3.05, 3.63) is 71.5 Å². The molecule has 1 heterocycles. The van der Waals surface area contributed by atoms with Crippen LogP contribution in [0.3, 0.4) is 0 Å². The third-order valence-electron chi connectivity index (χ3n) is 5.11. The first kappa shape index (κ1) is 19.4. The summed E-state index contributed by atoms with van der Waals surface area (Å²) in [5.41, 5.74) is 2.37. The number of nitrogens with one attached hydrogen (secondary N) is 2. The molecule has 144 valence electrons. The summed E-state index contributed by atoms with van der Waals surface area (Å²) in [6.45, 7) is 5.71. The van der Waals surface area contributed by atoms with Gasteiger partial charge >= 0.3 is 0 Å². The van der Waals surface area contributed by atoms with Crippen molar-refractivity contribution < 1.29 is 9.13 Å². The molecule has 0 aromatic heterocycles. The van der Waals surface area contributed by atoms with Crippen LogP contribution in [-0.4, -0.2) is 32.3 Å². The van der Waals surface area contributed by atoms with Gasteiger partial charge < -0.3 is 15.4 Å². The summed E-state index contributed by atoms with van der Waals surface area (Å²) in [4.78, 5) is 4.66. The van der Waals surface area contributed by atoms with Crippen molar-refractivity contribution in [3.63, 3.8) is 0 Å². The lowest BCUT2D eigenvalue weighted by molar-refractivity contribution is 0.0514.